The van der Waals surface area contributed by atoms with E-state index in [1.807, 2.05) is 51.1 Å². The lowest BCUT2D eigenvalue weighted by Crippen LogP contribution is -2.64. The zero-order chi connectivity index (χ0) is 34.6. The van der Waals surface area contributed by atoms with Crippen molar-refractivity contribution in [2.24, 2.45) is 11.8 Å². The Balaban J connectivity index is 1.62. The number of sulfone groups is 1. The molecule has 2 heterocycles. The molecule has 0 radical (unpaired) electrons. The number of piperidine rings is 1. The van der Waals surface area contributed by atoms with Gasteiger partial charge in [-0.1, -0.05) is 55.7 Å². The van der Waals surface area contributed by atoms with Crippen molar-refractivity contribution in [3.05, 3.63) is 58.3 Å². The zero-order valence-electron chi connectivity index (χ0n) is 28.5. The lowest BCUT2D eigenvalue weighted by molar-refractivity contribution is -0.133. The molecule has 0 bridgehead atoms. The third kappa shape index (κ3) is 9.64. The van der Waals surface area contributed by atoms with Crippen molar-refractivity contribution in [3.8, 4) is 0 Å². The molecule has 1 aliphatic heterocycles. The number of rotatable bonds is 12. The number of likely N-dealkylation sites (tertiary alicyclic amines) is 1. The van der Waals surface area contributed by atoms with Gasteiger partial charge in [0.25, 0.3) is 5.91 Å². The summed E-state index contributed by atoms with van der Waals surface area (Å²) in [5.74, 6) is -0.440. The average molecular weight is 689 g/mol. The second kappa shape index (κ2) is 15.2. The zero-order valence-corrected chi connectivity index (χ0v) is 30.1. The maximum atomic E-state index is 14.1. The minimum Gasteiger partial charge on any atom is -0.390 e. The number of nitrogens with zero attached hydrogens (tertiary/aromatic N) is 1. The number of hydrogen-bond acceptors (Lipinski definition) is 8. The first-order chi connectivity index (χ1) is 22.0. The number of aliphatic hydroxyl groups is 1. The van der Waals surface area contributed by atoms with Crippen LogP contribution in [0.25, 0.3) is 0 Å². The maximum Gasteiger partial charge on any atom is 0.262 e. The maximum absolute atomic E-state index is 14.1. The van der Waals surface area contributed by atoms with Gasteiger partial charge in [-0.05, 0) is 82.7 Å². The fourth-order valence-corrected chi connectivity index (χ4v) is 8.01. The summed E-state index contributed by atoms with van der Waals surface area (Å²) < 4.78 is 24.2. The molecule has 3 amide bonds. The summed E-state index contributed by atoms with van der Waals surface area (Å²) in [4.78, 5) is 43.2. The number of benzene rings is 1. The standard InChI is InChI=1S/C35H52N4O6S2/c1-34(2,3)38-31(41)27-20-24-15-10-11-16-25(24)21-39(27)22-28(40)26(19-23-13-8-7-9-14-23)36-33(43)30(35(4,5)47(6,44)45)37-32(42)29-17-12-18-46-29/h7-9,12-14,17-18,24-28,30,40H,10-11,15-16,19-22H2,1-6H3,(H,36,43)(H,37,42)(H,38,41). The van der Waals surface area contributed by atoms with Crippen molar-refractivity contribution < 1.29 is 27.9 Å². The molecule has 6 unspecified atom stereocenters. The van der Waals surface area contributed by atoms with E-state index in [9.17, 15) is 27.9 Å². The van der Waals surface area contributed by atoms with Crippen LogP contribution in [0.4, 0.5) is 0 Å². The molecule has 12 heteroatoms. The van der Waals surface area contributed by atoms with Gasteiger partial charge in [-0.15, -0.1) is 11.3 Å². The summed E-state index contributed by atoms with van der Waals surface area (Å²) in [5, 5.41) is 22.3. The molecule has 2 aliphatic rings. The molecule has 1 aliphatic carbocycles. The summed E-state index contributed by atoms with van der Waals surface area (Å²) in [6.07, 6.45) is 5.42. The third-order valence-electron chi connectivity index (χ3n) is 9.75. The van der Waals surface area contributed by atoms with Crippen LogP contribution in [-0.4, -0.2) is 90.0 Å². The van der Waals surface area contributed by atoms with E-state index >= 15 is 0 Å². The van der Waals surface area contributed by atoms with Gasteiger partial charge in [0.1, 0.15) is 6.04 Å². The second-order valence-electron chi connectivity index (χ2n) is 14.9. The Morgan fingerprint density at radius 3 is 2.23 bits per heavy atom. The topological polar surface area (TPSA) is 145 Å². The molecular weight excluding hydrogens is 637 g/mol. The predicted molar refractivity (Wildman–Crippen MR) is 186 cm³/mol. The van der Waals surface area contributed by atoms with E-state index in [1.165, 1.54) is 25.2 Å². The minimum atomic E-state index is -3.83. The van der Waals surface area contributed by atoms with Gasteiger partial charge in [0.15, 0.2) is 9.84 Å². The van der Waals surface area contributed by atoms with Gasteiger partial charge in [-0.25, -0.2) is 8.42 Å². The van der Waals surface area contributed by atoms with Crippen molar-refractivity contribution in [1.29, 1.82) is 0 Å². The minimum absolute atomic E-state index is 0.0661. The van der Waals surface area contributed by atoms with Crippen LogP contribution >= 0.6 is 11.3 Å². The van der Waals surface area contributed by atoms with Gasteiger partial charge in [0.05, 0.1) is 27.8 Å². The molecule has 4 rings (SSSR count). The first-order valence-electron chi connectivity index (χ1n) is 16.6. The first kappa shape index (κ1) is 37.0. The van der Waals surface area contributed by atoms with Crippen LogP contribution in [0.5, 0.6) is 0 Å². The van der Waals surface area contributed by atoms with Crippen molar-refractivity contribution in [1.82, 2.24) is 20.9 Å². The predicted octanol–water partition coefficient (Wildman–Crippen LogP) is 3.55. The Labute approximate surface area is 284 Å². The van der Waals surface area contributed by atoms with Crippen LogP contribution in [0.1, 0.15) is 82.0 Å². The van der Waals surface area contributed by atoms with Gasteiger partial charge in [-0.3, -0.25) is 19.3 Å². The highest BCUT2D eigenvalue weighted by molar-refractivity contribution is 7.92. The Morgan fingerprint density at radius 2 is 1.64 bits per heavy atom. The number of carbonyl (C=O) groups is 3. The molecule has 0 spiro atoms. The molecule has 10 nitrogen and oxygen atoms in total. The Kier molecular flexibility index (Phi) is 12.0. The van der Waals surface area contributed by atoms with Gasteiger partial charge < -0.3 is 21.1 Å². The smallest absolute Gasteiger partial charge is 0.262 e. The molecule has 260 valence electrons. The summed E-state index contributed by atoms with van der Waals surface area (Å²) in [5.41, 5.74) is 0.454. The molecule has 6 atom stereocenters. The van der Waals surface area contributed by atoms with Crippen LogP contribution in [0, 0.1) is 11.8 Å². The van der Waals surface area contributed by atoms with Gasteiger partial charge in [0.2, 0.25) is 11.8 Å². The number of amides is 3. The van der Waals surface area contributed by atoms with E-state index in [4.69, 9.17) is 0 Å². The third-order valence-corrected chi connectivity index (χ3v) is 12.8. The fourth-order valence-electron chi connectivity index (χ4n) is 6.79. The number of β-amino-alcohol motifs (C(OH)–C–C–N with tert-alkyl or cyclic N) is 1. The molecule has 1 saturated heterocycles. The molecule has 47 heavy (non-hydrogen) atoms. The van der Waals surface area contributed by atoms with Crippen LogP contribution < -0.4 is 16.0 Å². The van der Waals surface area contributed by atoms with E-state index in [0.29, 0.717) is 29.7 Å². The lowest BCUT2D eigenvalue weighted by atomic mass is 9.72. The fraction of sp³-hybridized carbons (Fsp3) is 0.629. The summed E-state index contributed by atoms with van der Waals surface area (Å²) in [7, 11) is -3.83. The number of thiophene rings is 1. The molecular formula is C35H52N4O6S2. The molecule has 1 aromatic carbocycles. The normalized spacial score (nSPS) is 22.7. The molecule has 1 saturated carbocycles. The van der Waals surface area contributed by atoms with E-state index in [1.54, 1.807) is 17.5 Å². The summed E-state index contributed by atoms with van der Waals surface area (Å²) >= 11 is 1.18. The van der Waals surface area contributed by atoms with Crippen molar-refractivity contribution >= 4 is 38.9 Å². The van der Waals surface area contributed by atoms with Crippen molar-refractivity contribution in [2.75, 3.05) is 19.3 Å². The highest BCUT2D eigenvalue weighted by Crippen LogP contribution is 2.39. The molecule has 4 N–H and O–H groups in total. The summed E-state index contributed by atoms with van der Waals surface area (Å²) in [6.45, 7) is 9.50. The van der Waals surface area contributed by atoms with Gasteiger partial charge >= 0.3 is 0 Å². The number of aliphatic hydroxyl groups excluding tert-OH is 1. The number of nitrogens with one attached hydrogen (secondary N) is 3. The Hall–Kier alpha value is -2.80. The Bertz CT molecular complexity index is 1470. The van der Waals surface area contributed by atoms with Crippen molar-refractivity contribution in [2.45, 2.75) is 108 Å². The highest BCUT2D eigenvalue weighted by Gasteiger charge is 2.46. The van der Waals surface area contributed by atoms with E-state index in [2.05, 4.69) is 20.9 Å². The molecule has 2 fully saturated rings. The second-order valence-corrected chi connectivity index (χ2v) is 18.4. The van der Waals surface area contributed by atoms with Crippen LogP contribution in [-0.2, 0) is 25.8 Å². The van der Waals surface area contributed by atoms with Gasteiger partial charge in [-0.2, -0.15) is 0 Å². The SMILES string of the molecule is CC(C)(C)NC(=O)C1CC2CCCCC2CN1CC(O)C(Cc1ccccc1)NC(=O)C(NC(=O)c1cccs1)C(C)(C)S(C)(=O)=O. The lowest BCUT2D eigenvalue weighted by Gasteiger charge is -2.47. The first-order valence-corrected chi connectivity index (χ1v) is 19.4. The highest BCUT2D eigenvalue weighted by atomic mass is 32.2. The number of hydrogen-bond donors (Lipinski definition) is 4. The van der Waals surface area contributed by atoms with Crippen LogP contribution in [0.3, 0.4) is 0 Å². The van der Waals surface area contributed by atoms with Crippen molar-refractivity contribution in [3.63, 3.8) is 0 Å². The Morgan fingerprint density at radius 1 is 0.979 bits per heavy atom. The van der Waals surface area contributed by atoms with E-state index in [-0.39, 0.29) is 18.9 Å². The monoisotopic (exact) mass is 688 g/mol. The molecule has 1 aromatic heterocycles. The quantitative estimate of drug-likeness (QED) is 0.267. The molecule has 2 aromatic rings. The van der Waals surface area contributed by atoms with E-state index in [0.717, 1.165) is 37.5 Å². The largest absolute Gasteiger partial charge is 0.390 e. The summed E-state index contributed by atoms with van der Waals surface area (Å²) in [6, 6.07) is 10.0. The van der Waals surface area contributed by atoms with Gasteiger partial charge in [0, 0.05) is 24.9 Å². The van der Waals surface area contributed by atoms with Crippen LogP contribution in [0.2, 0.25) is 0 Å². The van der Waals surface area contributed by atoms with E-state index < -0.39 is 56.2 Å². The number of fused-ring (bicyclic) bond motifs is 1. The number of carbonyl (C=O) groups excluding carboxylic acids is 3. The average Bonchev–Trinajstić information content (AvgIpc) is 3.53. The van der Waals surface area contributed by atoms with Crippen LogP contribution in [0.15, 0.2) is 47.8 Å².